The highest BCUT2D eigenvalue weighted by molar-refractivity contribution is 9.10. The van der Waals surface area contributed by atoms with Crippen LogP contribution in [0.1, 0.15) is 16.2 Å². The van der Waals surface area contributed by atoms with Crippen molar-refractivity contribution in [3.05, 3.63) is 21.4 Å². The standard InChI is InChI=1S/C6H4BrN5OS/c1-12-4(6(7)9-10-12)5(13)3-2-14-11-8-3/h2H,1H3. The van der Waals surface area contributed by atoms with E-state index in [-0.39, 0.29) is 5.78 Å². The largest absolute Gasteiger partial charge is 0.285 e. The summed E-state index contributed by atoms with van der Waals surface area (Å²) in [5.74, 6) is -0.238. The molecule has 0 bridgehead atoms. The van der Waals surface area contributed by atoms with E-state index in [2.05, 4.69) is 35.8 Å². The maximum atomic E-state index is 11.8. The van der Waals surface area contributed by atoms with Crippen LogP contribution in [0.2, 0.25) is 0 Å². The average Bonchev–Trinajstić information content (AvgIpc) is 2.75. The molecule has 0 saturated heterocycles. The molecule has 0 spiro atoms. The molecule has 0 fully saturated rings. The van der Waals surface area contributed by atoms with Crippen molar-refractivity contribution in [2.45, 2.75) is 0 Å². The van der Waals surface area contributed by atoms with Gasteiger partial charge in [0.1, 0.15) is 11.4 Å². The Morgan fingerprint density at radius 2 is 2.36 bits per heavy atom. The third-order valence-corrected chi connectivity index (χ3v) is 2.63. The van der Waals surface area contributed by atoms with E-state index < -0.39 is 0 Å². The van der Waals surface area contributed by atoms with Crippen LogP contribution in [0.5, 0.6) is 0 Å². The Balaban J connectivity index is 2.46. The molecule has 72 valence electrons. The monoisotopic (exact) mass is 273 g/mol. The first-order valence-corrected chi connectivity index (χ1v) is 5.20. The molecule has 2 aromatic heterocycles. The van der Waals surface area contributed by atoms with Crippen LogP contribution in [0, 0.1) is 0 Å². The number of carbonyl (C=O) groups is 1. The topological polar surface area (TPSA) is 73.6 Å². The van der Waals surface area contributed by atoms with Gasteiger partial charge in [-0.1, -0.05) is 9.70 Å². The second-order valence-corrected chi connectivity index (χ2v) is 3.83. The minimum Gasteiger partial charge on any atom is -0.285 e. The summed E-state index contributed by atoms with van der Waals surface area (Å²) in [6.45, 7) is 0. The molecule has 0 aliphatic carbocycles. The van der Waals surface area contributed by atoms with Crippen molar-refractivity contribution in [2.75, 3.05) is 0 Å². The molecule has 2 heterocycles. The lowest BCUT2D eigenvalue weighted by atomic mass is 10.2. The van der Waals surface area contributed by atoms with Gasteiger partial charge >= 0.3 is 0 Å². The van der Waals surface area contributed by atoms with Crippen LogP contribution in [-0.2, 0) is 7.05 Å². The molecule has 0 amide bonds. The highest BCUT2D eigenvalue weighted by atomic mass is 79.9. The van der Waals surface area contributed by atoms with Gasteiger partial charge in [-0.3, -0.25) is 4.79 Å². The lowest BCUT2D eigenvalue weighted by Gasteiger charge is -1.95. The minimum absolute atomic E-state index is 0.238. The molecular formula is C6H4BrN5OS. The van der Waals surface area contributed by atoms with E-state index in [0.717, 1.165) is 11.5 Å². The Morgan fingerprint density at radius 1 is 1.57 bits per heavy atom. The number of ketones is 1. The minimum atomic E-state index is -0.238. The second kappa shape index (κ2) is 3.54. The van der Waals surface area contributed by atoms with Crippen molar-refractivity contribution < 1.29 is 4.79 Å². The molecule has 8 heteroatoms. The van der Waals surface area contributed by atoms with Crippen molar-refractivity contribution in [1.29, 1.82) is 0 Å². The maximum absolute atomic E-state index is 11.8. The highest BCUT2D eigenvalue weighted by Gasteiger charge is 2.20. The summed E-state index contributed by atoms with van der Waals surface area (Å²) in [4.78, 5) is 11.8. The Labute approximate surface area is 91.2 Å². The first-order valence-electron chi connectivity index (χ1n) is 3.57. The van der Waals surface area contributed by atoms with E-state index in [4.69, 9.17) is 0 Å². The maximum Gasteiger partial charge on any atom is 0.235 e. The normalized spacial score (nSPS) is 10.4. The van der Waals surface area contributed by atoms with Crippen LogP contribution >= 0.6 is 27.5 Å². The van der Waals surface area contributed by atoms with Crippen molar-refractivity contribution in [2.24, 2.45) is 7.05 Å². The number of aryl methyl sites for hydroxylation is 1. The van der Waals surface area contributed by atoms with Gasteiger partial charge in [0.15, 0.2) is 4.60 Å². The van der Waals surface area contributed by atoms with Crippen LogP contribution in [-0.4, -0.2) is 30.4 Å². The summed E-state index contributed by atoms with van der Waals surface area (Å²) >= 11 is 4.27. The lowest BCUT2D eigenvalue weighted by Crippen LogP contribution is -2.09. The van der Waals surface area contributed by atoms with E-state index in [9.17, 15) is 4.79 Å². The van der Waals surface area contributed by atoms with Gasteiger partial charge in [-0.2, -0.15) is 0 Å². The number of carbonyl (C=O) groups excluding carboxylic acids is 1. The van der Waals surface area contributed by atoms with Crippen molar-refractivity contribution in [3.63, 3.8) is 0 Å². The Hall–Kier alpha value is -1.15. The number of aromatic nitrogens is 5. The summed E-state index contributed by atoms with van der Waals surface area (Å²) < 4.78 is 5.43. The van der Waals surface area contributed by atoms with Crippen molar-refractivity contribution in [1.82, 2.24) is 24.6 Å². The molecule has 0 N–H and O–H groups in total. The van der Waals surface area contributed by atoms with E-state index in [1.54, 1.807) is 12.4 Å². The second-order valence-electron chi connectivity index (χ2n) is 2.47. The fourth-order valence-electron chi connectivity index (χ4n) is 0.957. The van der Waals surface area contributed by atoms with Gasteiger partial charge in [-0.15, -0.1) is 10.2 Å². The van der Waals surface area contributed by atoms with Crippen LogP contribution < -0.4 is 0 Å². The molecular weight excluding hydrogens is 270 g/mol. The van der Waals surface area contributed by atoms with E-state index in [1.165, 1.54) is 4.68 Å². The van der Waals surface area contributed by atoms with Crippen molar-refractivity contribution >= 4 is 33.2 Å². The Bertz CT molecular complexity index is 445. The first kappa shape index (κ1) is 9.41. The predicted molar refractivity (Wildman–Crippen MR) is 52.0 cm³/mol. The quantitative estimate of drug-likeness (QED) is 0.752. The zero-order valence-electron chi connectivity index (χ0n) is 7.01. The van der Waals surface area contributed by atoms with E-state index in [1.807, 2.05) is 0 Å². The van der Waals surface area contributed by atoms with Crippen LogP contribution in [0.15, 0.2) is 9.98 Å². The van der Waals surface area contributed by atoms with Gasteiger partial charge in [-0.25, -0.2) is 4.68 Å². The first-order chi connectivity index (χ1) is 6.70. The fourth-order valence-corrected chi connectivity index (χ4v) is 1.90. The van der Waals surface area contributed by atoms with E-state index >= 15 is 0 Å². The smallest absolute Gasteiger partial charge is 0.235 e. The van der Waals surface area contributed by atoms with Gasteiger partial charge in [0, 0.05) is 12.4 Å². The molecule has 0 aliphatic rings. The van der Waals surface area contributed by atoms with Gasteiger partial charge in [0.25, 0.3) is 0 Å². The Kier molecular flexibility index (Phi) is 2.38. The highest BCUT2D eigenvalue weighted by Crippen LogP contribution is 2.15. The molecule has 14 heavy (non-hydrogen) atoms. The molecule has 0 aromatic carbocycles. The third kappa shape index (κ3) is 1.46. The summed E-state index contributed by atoms with van der Waals surface area (Å²) in [6, 6.07) is 0. The van der Waals surface area contributed by atoms with Crippen LogP contribution in [0.3, 0.4) is 0 Å². The van der Waals surface area contributed by atoms with Gasteiger partial charge in [-0.05, 0) is 27.5 Å². The number of rotatable bonds is 2. The zero-order chi connectivity index (χ0) is 10.1. The number of hydrogen-bond acceptors (Lipinski definition) is 6. The molecule has 2 rings (SSSR count). The number of halogens is 1. The summed E-state index contributed by atoms with van der Waals surface area (Å²) in [5, 5.41) is 12.7. The van der Waals surface area contributed by atoms with Gasteiger partial charge in [0.05, 0.1) is 0 Å². The summed E-state index contributed by atoms with van der Waals surface area (Å²) in [7, 11) is 1.64. The van der Waals surface area contributed by atoms with Gasteiger partial charge in [0.2, 0.25) is 5.78 Å². The molecule has 6 nitrogen and oxygen atoms in total. The number of nitrogens with zero attached hydrogens (tertiary/aromatic N) is 5. The van der Waals surface area contributed by atoms with E-state index in [0.29, 0.717) is 16.0 Å². The van der Waals surface area contributed by atoms with Crippen molar-refractivity contribution in [3.8, 4) is 0 Å². The molecule has 0 atom stereocenters. The molecule has 0 radical (unpaired) electrons. The lowest BCUT2D eigenvalue weighted by molar-refractivity contribution is 0.102. The summed E-state index contributed by atoms with van der Waals surface area (Å²) in [6.07, 6.45) is 0. The molecule has 0 aliphatic heterocycles. The molecule has 0 unspecified atom stereocenters. The third-order valence-electron chi connectivity index (χ3n) is 1.59. The predicted octanol–water partition coefficient (Wildman–Crippen LogP) is 0.660. The zero-order valence-corrected chi connectivity index (χ0v) is 9.41. The number of hydrogen-bond donors (Lipinski definition) is 0. The average molecular weight is 274 g/mol. The molecule has 0 saturated carbocycles. The molecule has 2 aromatic rings. The van der Waals surface area contributed by atoms with Crippen LogP contribution in [0.25, 0.3) is 0 Å². The Morgan fingerprint density at radius 3 is 2.86 bits per heavy atom. The fraction of sp³-hybridized carbons (Fsp3) is 0.167. The summed E-state index contributed by atoms with van der Waals surface area (Å²) in [5.41, 5.74) is 0.679. The van der Waals surface area contributed by atoms with Crippen LogP contribution in [0.4, 0.5) is 0 Å². The van der Waals surface area contributed by atoms with Gasteiger partial charge < -0.3 is 0 Å². The SMILES string of the molecule is Cn1nnc(Br)c1C(=O)c1csnn1.